The maximum Gasteiger partial charge on any atom is 0.338 e. The second kappa shape index (κ2) is 7.83. The summed E-state index contributed by atoms with van der Waals surface area (Å²) in [7, 11) is 1.71. The number of ether oxygens (including phenoxy) is 1. The Bertz CT molecular complexity index is 1080. The van der Waals surface area contributed by atoms with Gasteiger partial charge >= 0.3 is 5.97 Å². The van der Waals surface area contributed by atoms with E-state index in [2.05, 4.69) is 5.32 Å². The number of carbonyl (C=O) groups is 2. The van der Waals surface area contributed by atoms with Crippen LogP contribution in [0, 0.1) is 6.92 Å². The van der Waals surface area contributed by atoms with Gasteiger partial charge in [-0.05, 0) is 37.3 Å². The maximum absolute atomic E-state index is 12.7. The molecule has 0 aliphatic carbocycles. The van der Waals surface area contributed by atoms with Crippen molar-refractivity contribution in [3.63, 3.8) is 0 Å². The van der Waals surface area contributed by atoms with Crippen molar-refractivity contribution in [3.8, 4) is 11.4 Å². The molecule has 0 fully saturated rings. The Morgan fingerprint density at radius 1 is 1.11 bits per heavy atom. The molecule has 0 aliphatic rings. The number of anilines is 1. The van der Waals surface area contributed by atoms with Crippen LogP contribution in [0.15, 0.2) is 59.4 Å². The van der Waals surface area contributed by atoms with E-state index >= 15 is 0 Å². The summed E-state index contributed by atoms with van der Waals surface area (Å²) in [6, 6.07) is 14.6. The lowest BCUT2D eigenvalue weighted by atomic mass is 10.2. The molecule has 3 rings (SSSR count). The average molecular weight is 381 g/mol. The molecule has 2 aromatic carbocycles. The maximum atomic E-state index is 12.7. The summed E-state index contributed by atoms with van der Waals surface area (Å²) in [4.78, 5) is 36.9. The Balaban J connectivity index is 1.73. The first-order valence-corrected chi connectivity index (χ1v) is 8.48. The van der Waals surface area contributed by atoms with Crippen molar-refractivity contribution in [1.29, 1.82) is 0 Å². The van der Waals surface area contributed by atoms with Crippen LogP contribution in [0.4, 0.5) is 5.69 Å². The summed E-state index contributed by atoms with van der Waals surface area (Å²) in [5.74, 6) is -1.47. The minimum absolute atomic E-state index is 0.0831. The predicted octanol–water partition coefficient (Wildman–Crippen LogP) is 1.99. The number of hydrogen-bond acceptors (Lipinski definition) is 5. The van der Waals surface area contributed by atoms with E-state index in [4.69, 9.17) is 4.74 Å². The van der Waals surface area contributed by atoms with Crippen molar-refractivity contribution < 1.29 is 19.4 Å². The Morgan fingerprint density at radius 3 is 2.50 bits per heavy atom. The first kappa shape index (κ1) is 19.0. The molecule has 0 saturated heterocycles. The number of esters is 1. The predicted molar refractivity (Wildman–Crippen MR) is 103 cm³/mol. The molecule has 8 heteroatoms. The van der Waals surface area contributed by atoms with Gasteiger partial charge in [0, 0.05) is 7.05 Å². The molecule has 0 radical (unpaired) electrons. The molecular weight excluding hydrogens is 362 g/mol. The van der Waals surface area contributed by atoms with Crippen LogP contribution in [0.5, 0.6) is 5.75 Å². The van der Waals surface area contributed by atoms with E-state index < -0.39 is 18.5 Å². The van der Waals surface area contributed by atoms with Crippen molar-refractivity contribution in [1.82, 2.24) is 9.36 Å². The van der Waals surface area contributed by atoms with E-state index in [0.29, 0.717) is 11.4 Å². The number of nitrogens with one attached hydrogen (secondary N) is 1. The molecule has 0 atom stereocenters. The lowest BCUT2D eigenvalue weighted by molar-refractivity contribution is -0.119. The number of hydrogen-bond donors (Lipinski definition) is 2. The van der Waals surface area contributed by atoms with Crippen LogP contribution in [-0.4, -0.2) is 33.0 Å². The molecule has 1 heterocycles. The number of aromatic hydroxyl groups is 1. The topological polar surface area (TPSA) is 103 Å². The second-order valence-electron chi connectivity index (χ2n) is 6.11. The van der Waals surface area contributed by atoms with Gasteiger partial charge < -0.3 is 15.2 Å². The Morgan fingerprint density at radius 2 is 1.82 bits per heavy atom. The number of amides is 1. The van der Waals surface area contributed by atoms with Crippen LogP contribution in [0.3, 0.4) is 0 Å². The standard InChI is InChI=1S/C20H19N3O5/c1-13-18(19(26)23(22(13)2)15-8-4-3-5-9-15)21-17(25)12-28-20(27)14-7-6-10-16(24)11-14/h3-11,24H,12H2,1-2H3,(H,21,25). The third-order valence-electron chi connectivity index (χ3n) is 4.23. The van der Waals surface area contributed by atoms with Crippen molar-refractivity contribution in [2.45, 2.75) is 6.92 Å². The zero-order valence-electron chi connectivity index (χ0n) is 15.4. The van der Waals surface area contributed by atoms with Crippen LogP contribution in [0.2, 0.25) is 0 Å². The Kier molecular flexibility index (Phi) is 5.30. The summed E-state index contributed by atoms with van der Waals surface area (Å²) in [5.41, 5.74) is 1.06. The molecule has 1 amide bonds. The normalized spacial score (nSPS) is 10.5. The molecule has 0 saturated carbocycles. The van der Waals surface area contributed by atoms with E-state index in [1.807, 2.05) is 18.2 Å². The van der Waals surface area contributed by atoms with Gasteiger partial charge in [0.1, 0.15) is 11.4 Å². The Labute approximate surface area is 160 Å². The zero-order chi connectivity index (χ0) is 20.3. The highest BCUT2D eigenvalue weighted by molar-refractivity contribution is 5.95. The van der Waals surface area contributed by atoms with E-state index in [9.17, 15) is 19.5 Å². The van der Waals surface area contributed by atoms with Crippen molar-refractivity contribution in [2.24, 2.45) is 7.05 Å². The van der Waals surface area contributed by atoms with E-state index in [0.717, 1.165) is 0 Å². The van der Waals surface area contributed by atoms with E-state index in [-0.39, 0.29) is 22.6 Å². The van der Waals surface area contributed by atoms with Crippen LogP contribution in [0.25, 0.3) is 5.69 Å². The number of aromatic nitrogens is 2. The molecule has 28 heavy (non-hydrogen) atoms. The number of benzene rings is 2. The van der Waals surface area contributed by atoms with Gasteiger partial charge in [-0.1, -0.05) is 24.3 Å². The summed E-state index contributed by atoms with van der Waals surface area (Å²) in [6.45, 7) is 1.14. The lowest BCUT2D eigenvalue weighted by Gasteiger charge is -2.07. The lowest BCUT2D eigenvalue weighted by Crippen LogP contribution is -2.25. The van der Waals surface area contributed by atoms with Gasteiger partial charge in [0.25, 0.3) is 11.5 Å². The zero-order valence-corrected chi connectivity index (χ0v) is 15.4. The molecule has 1 aromatic heterocycles. The van der Waals surface area contributed by atoms with Crippen molar-refractivity contribution in [3.05, 3.63) is 76.2 Å². The number of phenolic OH excluding ortho intramolecular Hbond substituents is 1. The van der Waals surface area contributed by atoms with Gasteiger partial charge in [-0.15, -0.1) is 0 Å². The SMILES string of the molecule is Cc1c(NC(=O)COC(=O)c2cccc(O)c2)c(=O)n(-c2ccccc2)n1C. The van der Waals surface area contributed by atoms with Gasteiger partial charge in [0.2, 0.25) is 0 Å². The molecule has 2 N–H and O–H groups in total. The van der Waals surface area contributed by atoms with Crippen LogP contribution in [0.1, 0.15) is 16.1 Å². The highest BCUT2D eigenvalue weighted by Crippen LogP contribution is 2.14. The monoisotopic (exact) mass is 381 g/mol. The summed E-state index contributed by atoms with van der Waals surface area (Å²) in [5, 5.41) is 11.9. The Hall–Kier alpha value is -3.81. The number of phenols is 1. The largest absolute Gasteiger partial charge is 0.508 e. The smallest absolute Gasteiger partial charge is 0.338 e. The van der Waals surface area contributed by atoms with Gasteiger partial charge in [-0.2, -0.15) is 0 Å². The molecule has 0 bridgehead atoms. The highest BCUT2D eigenvalue weighted by atomic mass is 16.5. The van der Waals surface area contributed by atoms with Crippen LogP contribution < -0.4 is 10.9 Å². The number of rotatable bonds is 5. The fraction of sp³-hybridized carbons (Fsp3) is 0.150. The first-order valence-electron chi connectivity index (χ1n) is 8.48. The third-order valence-corrected chi connectivity index (χ3v) is 4.23. The van der Waals surface area contributed by atoms with Gasteiger partial charge in [0.15, 0.2) is 6.61 Å². The third kappa shape index (κ3) is 3.80. The molecule has 0 unspecified atom stereocenters. The van der Waals surface area contributed by atoms with E-state index in [1.54, 1.807) is 30.8 Å². The molecule has 144 valence electrons. The molecule has 0 aliphatic heterocycles. The van der Waals surface area contributed by atoms with Crippen molar-refractivity contribution >= 4 is 17.6 Å². The van der Waals surface area contributed by atoms with E-state index in [1.165, 1.54) is 28.9 Å². The summed E-state index contributed by atoms with van der Waals surface area (Å²) in [6.07, 6.45) is 0. The molecular formula is C20H19N3O5. The fourth-order valence-corrected chi connectivity index (χ4v) is 2.74. The fourth-order valence-electron chi connectivity index (χ4n) is 2.74. The second-order valence-corrected chi connectivity index (χ2v) is 6.11. The summed E-state index contributed by atoms with van der Waals surface area (Å²) >= 11 is 0. The number of nitrogens with zero attached hydrogens (tertiary/aromatic N) is 2. The quantitative estimate of drug-likeness (QED) is 0.658. The van der Waals surface area contributed by atoms with Crippen LogP contribution >= 0.6 is 0 Å². The minimum Gasteiger partial charge on any atom is -0.508 e. The average Bonchev–Trinajstić information content (AvgIpc) is 2.90. The van der Waals surface area contributed by atoms with Crippen molar-refractivity contribution in [2.75, 3.05) is 11.9 Å². The molecule has 0 spiro atoms. The summed E-state index contributed by atoms with van der Waals surface area (Å²) < 4.78 is 8.01. The van der Waals surface area contributed by atoms with Crippen LogP contribution in [-0.2, 0) is 16.6 Å². The molecule has 3 aromatic rings. The van der Waals surface area contributed by atoms with Gasteiger partial charge in [-0.3, -0.25) is 14.3 Å². The highest BCUT2D eigenvalue weighted by Gasteiger charge is 2.19. The minimum atomic E-state index is -0.752. The van der Waals surface area contributed by atoms with Gasteiger partial charge in [-0.25, -0.2) is 9.48 Å². The molecule has 8 nitrogen and oxygen atoms in total. The number of carbonyl (C=O) groups excluding carboxylic acids is 2. The first-order chi connectivity index (χ1) is 13.4. The van der Waals surface area contributed by atoms with Gasteiger partial charge in [0.05, 0.1) is 16.9 Å². The number of para-hydroxylation sites is 1.